The van der Waals surface area contributed by atoms with Crippen molar-refractivity contribution in [2.75, 3.05) is 0 Å². The molecule has 78 valence electrons. The number of aryl methyl sites for hydroxylation is 1. The third-order valence-electron chi connectivity index (χ3n) is 2.85. The fourth-order valence-corrected chi connectivity index (χ4v) is 1.78. The predicted octanol–water partition coefficient (Wildman–Crippen LogP) is 3.03. The van der Waals surface area contributed by atoms with Crippen molar-refractivity contribution < 1.29 is 5.11 Å². The van der Waals surface area contributed by atoms with E-state index in [-0.39, 0.29) is 6.10 Å². The topological polar surface area (TPSA) is 20.2 Å². The molecule has 0 heterocycles. The van der Waals surface area contributed by atoms with Crippen LogP contribution in [0.1, 0.15) is 32.3 Å². The van der Waals surface area contributed by atoms with E-state index in [2.05, 4.69) is 31.2 Å². The van der Waals surface area contributed by atoms with Crippen LogP contribution in [-0.2, 0) is 6.42 Å². The van der Waals surface area contributed by atoms with Gasteiger partial charge >= 0.3 is 0 Å². The van der Waals surface area contributed by atoms with Crippen molar-refractivity contribution >= 4 is 0 Å². The normalized spacial score (nSPS) is 15.1. The predicted molar refractivity (Wildman–Crippen MR) is 60.2 cm³/mol. The lowest BCUT2D eigenvalue weighted by molar-refractivity contribution is 0.118. The molecule has 0 spiro atoms. The molecular weight excluding hydrogens is 172 g/mol. The lowest BCUT2D eigenvalue weighted by atomic mass is 9.93. The Bertz CT molecular complexity index is 241. The number of hydrogen-bond acceptors (Lipinski definition) is 1. The van der Waals surface area contributed by atoms with Crippen molar-refractivity contribution in [3.63, 3.8) is 0 Å². The van der Waals surface area contributed by atoms with Crippen LogP contribution in [0.25, 0.3) is 0 Å². The van der Waals surface area contributed by atoms with Crippen LogP contribution >= 0.6 is 0 Å². The zero-order chi connectivity index (χ0) is 10.4. The molecule has 1 N–H and O–H groups in total. The summed E-state index contributed by atoms with van der Waals surface area (Å²) in [6, 6.07) is 10.5. The lowest BCUT2D eigenvalue weighted by Gasteiger charge is -2.17. The van der Waals surface area contributed by atoms with E-state index in [1.807, 2.05) is 13.0 Å². The van der Waals surface area contributed by atoms with Gasteiger partial charge in [0.05, 0.1) is 6.10 Å². The van der Waals surface area contributed by atoms with Gasteiger partial charge in [-0.3, -0.25) is 0 Å². The molecule has 1 aromatic rings. The molecule has 14 heavy (non-hydrogen) atoms. The first-order valence-corrected chi connectivity index (χ1v) is 5.46. The molecule has 0 fully saturated rings. The van der Waals surface area contributed by atoms with Gasteiger partial charge in [0.2, 0.25) is 0 Å². The van der Waals surface area contributed by atoms with Gasteiger partial charge < -0.3 is 5.11 Å². The highest BCUT2D eigenvalue weighted by molar-refractivity contribution is 5.14. The molecule has 0 aromatic heterocycles. The molecule has 0 aliphatic heterocycles. The maximum Gasteiger partial charge on any atom is 0.0540 e. The minimum Gasteiger partial charge on any atom is -0.393 e. The van der Waals surface area contributed by atoms with Gasteiger partial charge in [0.25, 0.3) is 0 Å². The Balaban J connectivity index is 2.40. The van der Waals surface area contributed by atoms with Crippen LogP contribution in [0, 0.1) is 5.92 Å². The summed E-state index contributed by atoms with van der Waals surface area (Å²) < 4.78 is 0. The van der Waals surface area contributed by atoms with Gasteiger partial charge in [-0.1, -0.05) is 43.7 Å². The third-order valence-corrected chi connectivity index (χ3v) is 2.85. The Morgan fingerprint density at radius 3 is 2.36 bits per heavy atom. The molecule has 2 atom stereocenters. The number of aliphatic hydroxyl groups excluding tert-OH is 1. The fourth-order valence-electron chi connectivity index (χ4n) is 1.78. The van der Waals surface area contributed by atoms with Crippen molar-refractivity contribution in [2.24, 2.45) is 5.92 Å². The van der Waals surface area contributed by atoms with E-state index in [9.17, 15) is 5.11 Å². The monoisotopic (exact) mass is 192 g/mol. The summed E-state index contributed by atoms with van der Waals surface area (Å²) in [5.41, 5.74) is 1.37. The van der Waals surface area contributed by atoms with Crippen molar-refractivity contribution in [3.8, 4) is 0 Å². The Morgan fingerprint density at radius 1 is 1.21 bits per heavy atom. The SMILES string of the molecule is CC[C@H](CCc1ccccc1)[C@@H](C)O. The van der Waals surface area contributed by atoms with Gasteiger partial charge in [-0.05, 0) is 31.2 Å². The van der Waals surface area contributed by atoms with Crippen LogP contribution in [0.3, 0.4) is 0 Å². The number of benzene rings is 1. The summed E-state index contributed by atoms with van der Waals surface area (Å²) in [5.74, 6) is 0.440. The van der Waals surface area contributed by atoms with Crippen LogP contribution in [0.15, 0.2) is 30.3 Å². The van der Waals surface area contributed by atoms with E-state index in [4.69, 9.17) is 0 Å². The third kappa shape index (κ3) is 3.51. The molecule has 1 heteroatoms. The molecule has 0 aliphatic rings. The highest BCUT2D eigenvalue weighted by Crippen LogP contribution is 2.16. The van der Waals surface area contributed by atoms with Gasteiger partial charge in [-0.2, -0.15) is 0 Å². The van der Waals surface area contributed by atoms with Crippen molar-refractivity contribution in [2.45, 2.75) is 39.2 Å². The second kappa shape index (κ2) is 5.82. The minimum atomic E-state index is -0.177. The van der Waals surface area contributed by atoms with Crippen LogP contribution in [0.4, 0.5) is 0 Å². The van der Waals surface area contributed by atoms with Crippen LogP contribution in [0.2, 0.25) is 0 Å². The van der Waals surface area contributed by atoms with E-state index in [1.165, 1.54) is 5.56 Å². The second-order valence-electron chi connectivity index (χ2n) is 3.93. The summed E-state index contributed by atoms with van der Waals surface area (Å²) in [6.45, 7) is 4.03. The maximum absolute atomic E-state index is 9.49. The van der Waals surface area contributed by atoms with Gasteiger partial charge in [-0.25, -0.2) is 0 Å². The molecular formula is C13H20O. The van der Waals surface area contributed by atoms with Crippen molar-refractivity contribution in [1.29, 1.82) is 0 Å². The molecule has 0 saturated carbocycles. The summed E-state index contributed by atoms with van der Waals surface area (Å²) in [4.78, 5) is 0. The summed E-state index contributed by atoms with van der Waals surface area (Å²) in [6.07, 6.45) is 3.04. The van der Waals surface area contributed by atoms with E-state index in [0.717, 1.165) is 19.3 Å². The minimum absolute atomic E-state index is 0.177. The highest BCUT2D eigenvalue weighted by atomic mass is 16.3. The zero-order valence-corrected chi connectivity index (χ0v) is 9.11. The summed E-state index contributed by atoms with van der Waals surface area (Å²) >= 11 is 0. The van der Waals surface area contributed by atoms with Crippen molar-refractivity contribution in [1.82, 2.24) is 0 Å². The molecule has 0 bridgehead atoms. The first-order chi connectivity index (χ1) is 6.74. The average molecular weight is 192 g/mol. The summed E-state index contributed by atoms with van der Waals surface area (Å²) in [5, 5.41) is 9.49. The Kier molecular flexibility index (Phi) is 4.68. The molecule has 0 saturated heterocycles. The molecule has 1 nitrogen and oxygen atoms in total. The zero-order valence-electron chi connectivity index (χ0n) is 9.11. The fraction of sp³-hybridized carbons (Fsp3) is 0.538. The summed E-state index contributed by atoms with van der Waals surface area (Å²) in [7, 11) is 0. The lowest BCUT2D eigenvalue weighted by Crippen LogP contribution is -2.16. The van der Waals surface area contributed by atoms with Crippen molar-refractivity contribution in [3.05, 3.63) is 35.9 Å². The Hall–Kier alpha value is -0.820. The Labute approximate surface area is 86.8 Å². The van der Waals surface area contributed by atoms with E-state index >= 15 is 0 Å². The standard InChI is InChI=1S/C13H20O/c1-3-13(11(2)14)10-9-12-7-5-4-6-8-12/h4-8,11,13-14H,3,9-10H2,1-2H3/t11-,13-/m1/s1. The van der Waals surface area contributed by atoms with Gasteiger partial charge in [-0.15, -0.1) is 0 Å². The highest BCUT2D eigenvalue weighted by Gasteiger charge is 2.11. The van der Waals surface area contributed by atoms with Crippen LogP contribution in [0.5, 0.6) is 0 Å². The first kappa shape index (κ1) is 11.3. The van der Waals surface area contributed by atoms with Crippen LogP contribution in [-0.4, -0.2) is 11.2 Å². The molecule has 0 amide bonds. The maximum atomic E-state index is 9.49. The molecule has 0 radical (unpaired) electrons. The van der Waals surface area contributed by atoms with E-state index in [0.29, 0.717) is 5.92 Å². The van der Waals surface area contributed by atoms with Crippen LogP contribution < -0.4 is 0 Å². The average Bonchev–Trinajstić information content (AvgIpc) is 2.20. The van der Waals surface area contributed by atoms with E-state index < -0.39 is 0 Å². The molecule has 1 aromatic carbocycles. The van der Waals surface area contributed by atoms with Gasteiger partial charge in [0.15, 0.2) is 0 Å². The largest absolute Gasteiger partial charge is 0.393 e. The second-order valence-corrected chi connectivity index (χ2v) is 3.93. The number of hydrogen-bond donors (Lipinski definition) is 1. The van der Waals surface area contributed by atoms with E-state index in [1.54, 1.807) is 0 Å². The first-order valence-electron chi connectivity index (χ1n) is 5.46. The molecule has 0 aliphatic carbocycles. The molecule has 1 rings (SSSR count). The smallest absolute Gasteiger partial charge is 0.0540 e. The van der Waals surface area contributed by atoms with Gasteiger partial charge in [0.1, 0.15) is 0 Å². The molecule has 0 unspecified atom stereocenters. The van der Waals surface area contributed by atoms with Gasteiger partial charge in [0, 0.05) is 0 Å². The quantitative estimate of drug-likeness (QED) is 0.760. The number of aliphatic hydroxyl groups is 1. The Morgan fingerprint density at radius 2 is 1.86 bits per heavy atom. The number of rotatable bonds is 5.